The molecular weight excluding hydrogens is 294 g/mol. The molecule has 2 fully saturated rings. The number of alkyl carbamates (subject to hydrolysis) is 2. The average Bonchev–Trinajstić information content (AvgIpc) is 2.76. The van der Waals surface area contributed by atoms with Crippen LogP contribution in [0.4, 0.5) is 9.59 Å². The molecule has 0 aromatic carbocycles. The SMILES string of the molecule is Cl.O=C1NCCO1.O=C1NCCO1.O=P(O)(O)O. The number of halogens is 1. The van der Waals surface area contributed by atoms with Crippen LogP contribution in [0.15, 0.2) is 0 Å². The highest BCUT2D eigenvalue weighted by Gasteiger charge is 2.06. The quantitative estimate of drug-likeness (QED) is 0.355. The molecule has 2 heterocycles. The molecule has 18 heavy (non-hydrogen) atoms. The Hall–Kier alpha value is -1.06. The number of cyclic esters (lactones) is 2. The van der Waals surface area contributed by atoms with Crippen molar-refractivity contribution in [1.82, 2.24) is 10.6 Å². The van der Waals surface area contributed by atoms with Gasteiger partial charge in [0.25, 0.3) is 0 Å². The zero-order chi connectivity index (χ0) is 13.3. The lowest BCUT2D eigenvalue weighted by Gasteiger charge is -1.82. The van der Waals surface area contributed by atoms with Crippen LogP contribution in [0.3, 0.4) is 0 Å². The molecule has 2 aliphatic rings. The zero-order valence-corrected chi connectivity index (χ0v) is 10.8. The van der Waals surface area contributed by atoms with E-state index in [9.17, 15) is 9.59 Å². The monoisotopic (exact) mass is 308 g/mol. The van der Waals surface area contributed by atoms with E-state index < -0.39 is 7.82 Å². The van der Waals surface area contributed by atoms with Crippen LogP contribution < -0.4 is 10.6 Å². The van der Waals surface area contributed by atoms with Crippen LogP contribution in [0.1, 0.15) is 0 Å². The Morgan fingerprint density at radius 3 is 1.28 bits per heavy atom. The van der Waals surface area contributed by atoms with Gasteiger partial charge in [0.1, 0.15) is 13.2 Å². The minimum absolute atomic E-state index is 0. The predicted octanol–water partition coefficient (Wildman–Crippen LogP) is -1.05. The maximum absolute atomic E-state index is 9.91. The Kier molecular flexibility index (Phi) is 10.6. The molecule has 108 valence electrons. The van der Waals surface area contributed by atoms with E-state index in [2.05, 4.69) is 20.1 Å². The van der Waals surface area contributed by atoms with E-state index in [1.807, 2.05) is 0 Å². The van der Waals surface area contributed by atoms with Crippen LogP contribution in [0.25, 0.3) is 0 Å². The van der Waals surface area contributed by atoms with Gasteiger partial charge in [-0.1, -0.05) is 0 Å². The highest BCUT2D eigenvalue weighted by Crippen LogP contribution is 2.25. The van der Waals surface area contributed by atoms with Crippen molar-refractivity contribution in [3.8, 4) is 0 Å². The van der Waals surface area contributed by atoms with Crippen molar-refractivity contribution in [2.45, 2.75) is 0 Å². The van der Waals surface area contributed by atoms with E-state index in [4.69, 9.17) is 19.2 Å². The number of nitrogens with one attached hydrogen (secondary N) is 2. The van der Waals surface area contributed by atoms with Gasteiger partial charge in [0, 0.05) is 0 Å². The Morgan fingerprint density at radius 1 is 0.944 bits per heavy atom. The van der Waals surface area contributed by atoms with Gasteiger partial charge in [0.2, 0.25) is 0 Å². The fraction of sp³-hybridized carbons (Fsp3) is 0.667. The van der Waals surface area contributed by atoms with E-state index in [-0.39, 0.29) is 24.6 Å². The number of hydrogen-bond acceptors (Lipinski definition) is 5. The normalized spacial score (nSPS) is 16.4. The Balaban J connectivity index is 0. The molecule has 2 rings (SSSR count). The fourth-order valence-electron chi connectivity index (χ4n) is 0.696. The smallest absolute Gasteiger partial charge is 0.448 e. The second-order valence-electron chi connectivity index (χ2n) is 2.64. The maximum Gasteiger partial charge on any atom is 0.466 e. The summed E-state index contributed by atoms with van der Waals surface area (Å²) >= 11 is 0. The lowest BCUT2D eigenvalue weighted by molar-refractivity contribution is 0.177. The van der Waals surface area contributed by atoms with E-state index in [1.54, 1.807) is 0 Å². The standard InChI is InChI=1S/2C3H5NO2.ClH.H3O4P/c2*5-3-4-1-2-6-3;;1-5(2,3)4/h2*1-2H2,(H,4,5);1H;(H3,1,2,3,4). The molecule has 0 unspecified atom stereocenters. The van der Waals surface area contributed by atoms with Crippen molar-refractivity contribution in [2.24, 2.45) is 0 Å². The van der Waals surface area contributed by atoms with Gasteiger partial charge in [-0.15, -0.1) is 12.4 Å². The summed E-state index contributed by atoms with van der Waals surface area (Å²) in [6.07, 6.45) is -0.593. The first kappa shape index (κ1) is 19.3. The molecule has 0 bridgehead atoms. The highest BCUT2D eigenvalue weighted by molar-refractivity contribution is 7.45. The summed E-state index contributed by atoms with van der Waals surface area (Å²) in [5, 5.41) is 4.92. The number of rotatable bonds is 0. The van der Waals surface area contributed by atoms with Crippen molar-refractivity contribution in [3.63, 3.8) is 0 Å². The third kappa shape index (κ3) is 17.3. The number of carbonyl (C=O) groups is 2. The van der Waals surface area contributed by atoms with E-state index in [1.165, 1.54) is 0 Å². The molecule has 0 spiro atoms. The first-order chi connectivity index (χ1) is 7.79. The van der Waals surface area contributed by atoms with Crippen LogP contribution in [0.5, 0.6) is 0 Å². The molecule has 2 amide bonds. The van der Waals surface area contributed by atoms with Crippen LogP contribution in [-0.4, -0.2) is 53.2 Å². The number of hydrogen-bond donors (Lipinski definition) is 5. The molecular formula is C6H14ClN2O8P. The molecule has 0 aromatic rings. The predicted molar refractivity (Wildman–Crippen MR) is 60.2 cm³/mol. The lowest BCUT2D eigenvalue weighted by atomic mass is 10.7. The summed E-state index contributed by atoms with van der Waals surface area (Å²) in [6, 6.07) is 0. The topological polar surface area (TPSA) is 154 Å². The van der Waals surface area contributed by atoms with Crippen LogP contribution in [0.2, 0.25) is 0 Å². The third-order valence-corrected chi connectivity index (χ3v) is 1.21. The van der Waals surface area contributed by atoms with Gasteiger partial charge >= 0.3 is 20.0 Å². The third-order valence-electron chi connectivity index (χ3n) is 1.21. The summed E-state index contributed by atoms with van der Waals surface area (Å²) in [5.74, 6) is 0. The summed E-state index contributed by atoms with van der Waals surface area (Å²) in [5.41, 5.74) is 0. The van der Waals surface area contributed by atoms with E-state index >= 15 is 0 Å². The summed E-state index contributed by atoms with van der Waals surface area (Å²) < 4.78 is 17.7. The van der Waals surface area contributed by atoms with Crippen molar-refractivity contribution in [1.29, 1.82) is 0 Å². The van der Waals surface area contributed by atoms with Crippen LogP contribution in [-0.2, 0) is 14.0 Å². The molecule has 2 saturated heterocycles. The number of carbonyl (C=O) groups excluding carboxylic acids is 2. The van der Waals surface area contributed by atoms with Gasteiger partial charge in [0.05, 0.1) is 13.1 Å². The average molecular weight is 309 g/mol. The number of amides is 2. The molecule has 5 N–H and O–H groups in total. The summed E-state index contributed by atoms with van der Waals surface area (Å²) in [7, 11) is -4.64. The second-order valence-corrected chi connectivity index (χ2v) is 3.67. The van der Waals surface area contributed by atoms with Crippen LogP contribution >= 0.6 is 20.2 Å². The minimum Gasteiger partial charge on any atom is -0.448 e. The van der Waals surface area contributed by atoms with Gasteiger partial charge in [0.15, 0.2) is 0 Å². The highest BCUT2D eigenvalue weighted by atomic mass is 35.5. The second kappa shape index (κ2) is 9.92. The molecule has 0 atom stereocenters. The lowest BCUT2D eigenvalue weighted by Crippen LogP contribution is -2.11. The van der Waals surface area contributed by atoms with Crippen molar-refractivity contribution in [2.75, 3.05) is 26.3 Å². The van der Waals surface area contributed by atoms with Gasteiger partial charge in [-0.25, -0.2) is 14.2 Å². The largest absolute Gasteiger partial charge is 0.466 e. The van der Waals surface area contributed by atoms with Gasteiger partial charge < -0.3 is 34.8 Å². The van der Waals surface area contributed by atoms with Gasteiger partial charge in [-0.3, -0.25) is 0 Å². The van der Waals surface area contributed by atoms with Gasteiger partial charge in [-0.2, -0.15) is 0 Å². The van der Waals surface area contributed by atoms with Crippen molar-refractivity contribution < 1.29 is 38.3 Å². The Bertz CT molecular complexity index is 264. The minimum atomic E-state index is -4.64. The first-order valence-electron chi connectivity index (χ1n) is 4.38. The van der Waals surface area contributed by atoms with E-state index in [0.29, 0.717) is 26.3 Å². The summed E-state index contributed by atoms with van der Waals surface area (Å²) in [4.78, 5) is 41.4. The van der Waals surface area contributed by atoms with E-state index in [0.717, 1.165) is 0 Å². The number of ether oxygens (including phenoxy) is 2. The molecule has 2 aliphatic heterocycles. The first-order valence-corrected chi connectivity index (χ1v) is 5.95. The fourth-order valence-corrected chi connectivity index (χ4v) is 0.696. The van der Waals surface area contributed by atoms with Crippen LogP contribution in [0, 0.1) is 0 Å². The summed E-state index contributed by atoms with van der Waals surface area (Å²) in [6.45, 7) is 2.38. The zero-order valence-electron chi connectivity index (χ0n) is 9.07. The van der Waals surface area contributed by atoms with Crippen molar-refractivity contribution in [3.05, 3.63) is 0 Å². The molecule has 12 heteroatoms. The molecule has 0 saturated carbocycles. The molecule has 0 radical (unpaired) electrons. The molecule has 0 aromatic heterocycles. The Labute approximate surface area is 108 Å². The van der Waals surface area contributed by atoms with Crippen molar-refractivity contribution >= 4 is 32.4 Å². The van der Waals surface area contributed by atoms with Gasteiger partial charge in [-0.05, 0) is 0 Å². The number of phosphoric acid groups is 1. The molecule has 0 aliphatic carbocycles. The maximum atomic E-state index is 9.91. The molecule has 10 nitrogen and oxygen atoms in total. The Morgan fingerprint density at radius 2 is 1.22 bits per heavy atom.